The van der Waals surface area contributed by atoms with Gasteiger partial charge in [-0.05, 0) is 12.1 Å². The molecule has 0 saturated heterocycles. The third-order valence-corrected chi connectivity index (χ3v) is 3.29. The SMILES string of the molecule is N=c1sccn1CC(=O)c1ccc([N+](=O)[O-])cc1.O=C(O)C(=O)O. The second-order valence-electron chi connectivity index (χ2n) is 4.17. The minimum absolute atomic E-state index is 0.0454. The number of carboxylic acid groups (broad SMARTS) is 2. The number of non-ortho nitro benzene ring substituents is 1. The lowest BCUT2D eigenvalue weighted by molar-refractivity contribution is -0.384. The number of thiazole rings is 1. The van der Waals surface area contributed by atoms with E-state index in [4.69, 9.17) is 25.2 Å². The van der Waals surface area contributed by atoms with Gasteiger partial charge in [-0.1, -0.05) is 0 Å². The van der Waals surface area contributed by atoms with Gasteiger partial charge in [0.1, 0.15) is 0 Å². The van der Waals surface area contributed by atoms with Crippen LogP contribution in [0.1, 0.15) is 10.4 Å². The summed E-state index contributed by atoms with van der Waals surface area (Å²) < 4.78 is 1.52. The van der Waals surface area contributed by atoms with Crippen LogP contribution in [0.4, 0.5) is 5.69 Å². The van der Waals surface area contributed by atoms with Crippen molar-refractivity contribution in [2.75, 3.05) is 0 Å². The normalized spacial score (nSPS) is 9.50. The quantitative estimate of drug-likeness (QED) is 0.319. The molecule has 1 aromatic heterocycles. The monoisotopic (exact) mass is 353 g/mol. The molecule has 10 nitrogen and oxygen atoms in total. The van der Waals surface area contributed by atoms with Crippen molar-refractivity contribution in [2.24, 2.45) is 0 Å². The lowest BCUT2D eigenvalue weighted by Crippen LogP contribution is -2.18. The summed E-state index contributed by atoms with van der Waals surface area (Å²) in [6.07, 6.45) is 1.66. The first-order chi connectivity index (χ1) is 11.2. The maximum Gasteiger partial charge on any atom is 0.414 e. The first-order valence-electron chi connectivity index (χ1n) is 6.14. The topological polar surface area (TPSA) is 164 Å². The zero-order valence-electron chi connectivity index (χ0n) is 11.9. The van der Waals surface area contributed by atoms with Crippen molar-refractivity contribution in [3.05, 3.63) is 56.3 Å². The van der Waals surface area contributed by atoms with Gasteiger partial charge in [-0.2, -0.15) is 0 Å². The van der Waals surface area contributed by atoms with Gasteiger partial charge in [-0.15, -0.1) is 11.3 Å². The third-order valence-electron chi connectivity index (χ3n) is 2.58. The van der Waals surface area contributed by atoms with Gasteiger partial charge in [0.25, 0.3) is 5.69 Å². The van der Waals surface area contributed by atoms with Crippen LogP contribution < -0.4 is 4.80 Å². The molecule has 1 heterocycles. The molecule has 2 rings (SSSR count). The number of aliphatic carboxylic acids is 2. The minimum Gasteiger partial charge on any atom is -0.473 e. The number of nitro groups is 1. The number of nitrogens with zero attached hydrogens (tertiary/aromatic N) is 2. The van der Waals surface area contributed by atoms with E-state index in [0.29, 0.717) is 10.4 Å². The fourth-order valence-electron chi connectivity index (χ4n) is 1.44. The van der Waals surface area contributed by atoms with Gasteiger partial charge < -0.3 is 14.8 Å². The summed E-state index contributed by atoms with van der Waals surface area (Å²) in [5, 5.41) is 34.5. The van der Waals surface area contributed by atoms with Crippen molar-refractivity contribution in [1.29, 1.82) is 5.41 Å². The number of ketones is 1. The van der Waals surface area contributed by atoms with Crippen LogP contribution >= 0.6 is 11.3 Å². The maximum absolute atomic E-state index is 11.9. The molecule has 0 bridgehead atoms. The largest absolute Gasteiger partial charge is 0.473 e. The summed E-state index contributed by atoms with van der Waals surface area (Å²) in [5.41, 5.74) is 0.356. The van der Waals surface area contributed by atoms with Crippen LogP contribution in [0, 0.1) is 15.5 Å². The Morgan fingerprint density at radius 2 is 1.71 bits per heavy atom. The van der Waals surface area contributed by atoms with Gasteiger partial charge in [-0.3, -0.25) is 20.3 Å². The average molecular weight is 353 g/mol. The number of carboxylic acids is 2. The number of benzene rings is 1. The summed E-state index contributed by atoms with van der Waals surface area (Å²) in [6.45, 7) is 0.0696. The molecule has 0 atom stereocenters. The summed E-state index contributed by atoms with van der Waals surface area (Å²) in [7, 11) is 0. The smallest absolute Gasteiger partial charge is 0.414 e. The average Bonchev–Trinajstić information content (AvgIpc) is 2.93. The third kappa shape index (κ3) is 5.46. The highest BCUT2D eigenvalue weighted by atomic mass is 32.1. The second-order valence-corrected chi connectivity index (χ2v) is 5.07. The van der Waals surface area contributed by atoms with Gasteiger partial charge in [0, 0.05) is 29.3 Å². The Bertz CT molecular complexity index is 811. The van der Waals surface area contributed by atoms with E-state index < -0.39 is 16.9 Å². The Morgan fingerprint density at radius 1 is 1.17 bits per heavy atom. The zero-order chi connectivity index (χ0) is 18.3. The highest BCUT2D eigenvalue weighted by Crippen LogP contribution is 2.12. The number of nitro benzene ring substituents is 1. The molecule has 0 unspecified atom stereocenters. The van der Waals surface area contributed by atoms with Crippen LogP contribution in [0.3, 0.4) is 0 Å². The fourth-order valence-corrected chi connectivity index (χ4v) is 2.04. The number of Topliss-reactive ketones (excluding diaryl/α,β-unsaturated/α-hetero) is 1. The molecule has 0 radical (unpaired) electrons. The van der Waals surface area contributed by atoms with Gasteiger partial charge in [0.05, 0.1) is 11.5 Å². The molecule has 2 aromatic rings. The summed E-state index contributed by atoms with van der Waals surface area (Å²) in [5.74, 6) is -3.83. The molecule has 24 heavy (non-hydrogen) atoms. The Morgan fingerprint density at radius 3 is 2.08 bits per heavy atom. The van der Waals surface area contributed by atoms with Crippen LogP contribution in [-0.2, 0) is 16.1 Å². The Kier molecular flexibility index (Phi) is 6.50. The van der Waals surface area contributed by atoms with Crippen LogP contribution in [0.2, 0.25) is 0 Å². The number of rotatable bonds is 4. The number of hydrogen-bond acceptors (Lipinski definition) is 7. The summed E-state index contributed by atoms with van der Waals surface area (Å²) in [4.78, 5) is 40.3. The van der Waals surface area contributed by atoms with E-state index in [9.17, 15) is 14.9 Å². The molecule has 0 fully saturated rings. The van der Waals surface area contributed by atoms with Crippen molar-refractivity contribution in [1.82, 2.24) is 4.57 Å². The van der Waals surface area contributed by atoms with E-state index in [-0.39, 0.29) is 18.0 Å². The molecular formula is C13H11N3O7S. The number of aromatic nitrogens is 1. The molecule has 0 aliphatic rings. The van der Waals surface area contributed by atoms with Gasteiger partial charge in [0.2, 0.25) is 0 Å². The molecular weight excluding hydrogens is 342 g/mol. The van der Waals surface area contributed by atoms with Gasteiger partial charge >= 0.3 is 11.9 Å². The van der Waals surface area contributed by atoms with Crippen LogP contribution in [0.5, 0.6) is 0 Å². The van der Waals surface area contributed by atoms with E-state index in [1.807, 2.05) is 0 Å². The number of nitrogens with one attached hydrogen (secondary N) is 1. The molecule has 0 amide bonds. The fraction of sp³-hybridized carbons (Fsp3) is 0.0769. The zero-order valence-corrected chi connectivity index (χ0v) is 12.7. The highest BCUT2D eigenvalue weighted by Gasteiger charge is 2.10. The Hall–Kier alpha value is -3.34. The summed E-state index contributed by atoms with van der Waals surface area (Å²) >= 11 is 1.24. The Balaban J connectivity index is 0.000000413. The van der Waals surface area contributed by atoms with Crippen LogP contribution in [0.25, 0.3) is 0 Å². The predicted molar refractivity (Wildman–Crippen MR) is 80.9 cm³/mol. The molecule has 3 N–H and O–H groups in total. The van der Waals surface area contributed by atoms with Gasteiger partial charge in [0.15, 0.2) is 10.6 Å². The summed E-state index contributed by atoms with van der Waals surface area (Å²) in [6, 6.07) is 5.45. The molecule has 126 valence electrons. The maximum atomic E-state index is 11.9. The number of hydrogen-bond donors (Lipinski definition) is 3. The number of carbonyl (C=O) groups excluding carboxylic acids is 1. The first kappa shape index (κ1) is 18.7. The highest BCUT2D eigenvalue weighted by molar-refractivity contribution is 7.06. The van der Waals surface area contributed by atoms with E-state index in [1.54, 1.807) is 11.6 Å². The molecule has 0 aliphatic heterocycles. The van der Waals surface area contributed by atoms with Crippen molar-refractivity contribution in [3.63, 3.8) is 0 Å². The van der Waals surface area contributed by atoms with E-state index in [1.165, 1.54) is 40.2 Å². The predicted octanol–water partition coefficient (Wildman–Crippen LogP) is 0.976. The van der Waals surface area contributed by atoms with E-state index in [2.05, 4.69) is 0 Å². The Labute approximate surface area is 137 Å². The molecule has 0 spiro atoms. The molecule has 1 aromatic carbocycles. The van der Waals surface area contributed by atoms with Crippen molar-refractivity contribution >= 4 is 34.7 Å². The van der Waals surface area contributed by atoms with Crippen LogP contribution in [0.15, 0.2) is 35.8 Å². The van der Waals surface area contributed by atoms with Crippen molar-refractivity contribution < 1.29 is 29.5 Å². The molecule has 11 heteroatoms. The number of carbonyl (C=O) groups is 3. The molecule has 0 aliphatic carbocycles. The van der Waals surface area contributed by atoms with Crippen molar-refractivity contribution in [3.8, 4) is 0 Å². The van der Waals surface area contributed by atoms with E-state index in [0.717, 1.165) is 0 Å². The lowest BCUT2D eigenvalue weighted by Gasteiger charge is -2.02. The first-order valence-corrected chi connectivity index (χ1v) is 7.02. The lowest BCUT2D eigenvalue weighted by atomic mass is 10.1. The minimum atomic E-state index is -1.82. The van der Waals surface area contributed by atoms with Crippen LogP contribution in [-0.4, -0.2) is 37.4 Å². The van der Waals surface area contributed by atoms with Gasteiger partial charge in [-0.25, -0.2) is 9.59 Å². The molecule has 0 saturated carbocycles. The van der Waals surface area contributed by atoms with E-state index >= 15 is 0 Å². The second kappa shape index (κ2) is 8.33. The van der Waals surface area contributed by atoms with Crippen molar-refractivity contribution in [2.45, 2.75) is 6.54 Å². The standard InChI is InChI=1S/C11H9N3O3S.C2H2O4/c12-11-13(5-6-18-11)7-10(15)8-1-3-9(4-2-8)14(16)17;3-1(4)2(5)6/h1-6,12H,7H2;(H,3,4)(H,5,6).